The topological polar surface area (TPSA) is 30.5 Å². The van der Waals surface area contributed by atoms with Crippen molar-refractivity contribution in [2.75, 3.05) is 18.5 Å². The fraction of sp³-hybridized carbons (Fsp3) is 0.600. The molecule has 1 fully saturated rings. The lowest BCUT2D eigenvalue weighted by Crippen LogP contribution is -2.26. The van der Waals surface area contributed by atoms with Crippen LogP contribution in [0.1, 0.15) is 27.2 Å². The summed E-state index contributed by atoms with van der Waals surface area (Å²) in [7, 11) is 0. The predicted molar refractivity (Wildman–Crippen MR) is 74.2 cm³/mol. The van der Waals surface area contributed by atoms with Gasteiger partial charge in [0.1, 0.15) is 5.75 Å². The monoisotopic (exact) mass is 249 g/mol. The van der Waals surface area contributed by atoms with Gasteiger partial charge in [0, 0.05) is 6.61 Å². The molecule has 1 aromatic carbocycles. The first-order chi connectivity index (χ1) is 8.66. The van der Waals surface area contributed by atoms with Crippen molar-refractivity contribution in [2.45, 2.75) is 39.3 Å². The van der Waals surface area contributed by atoms with Gasteiger partial charge in [0.25, 0.3) is 0 Å². The summed E-state index contributed by atoms with van der Waals surface area (Å²) in [5.41, 5.74) is 1.07. The SMILES string of the molecule is CC(C)COc1ccccc1NC1CCOC1C. The van der Waals surface area contributed by atoms with E-state index in [-0.39, 0.29) is 6.10 Å². The Morgan fingerprint density at radius 2 is 2.17 bits per heavy atom. The van der Waals surface area contributed by atoms with Gasteiger partial charge in [-0.3, -0.25) is 0 Å². The lowest BCUT2D eigenvalue weighted by atomic mass is 10.1. The van der Waals surface area contributed by atoms with Gasteiger partial charge in [-0.25, -0.2) is 0 Å². The predicted octanol–water partition coefficient (Wildman–Crippen LogP) is 3.31. The Morgan fingerprint density at radius 3 is 2.83 bits per heavy atom. The molecule has 2 atom stereocenters. The molecular formula is C15H23NO2. The van der Waals surface area contributed by atoms with E-state index in [1.165, 1.54) is 0 Å². The largest absolute Gasteiger partial charge is 0.491 e. The molecule has 1 aliphatic heterocycles. The first kappa shape index (κ1) is 13.2. The zero-order valence-electron chi connectivity index (χ0n) is 11.5. The van der Waals surface area contributed by atoms with E-state index in [4.69, 9.17) is 9.47 Å². The van der Waals surface area contributed by atoms with E-state index in [9.17, 15) is 0 Å². The van der Waals surface area contributed by atoms with Crippen molar-refractivity contribution < 1.29 is 9.47 Å². The summed E-state index contributed by atoms with van der Waals surface area (Å²) in [4.78, 5) is 0. The van der Waals surface area contributed by atoms with Crippen molar-refractivity contribution in [1.29, 1.82) is 0 Å². The Morgan fingerprint density at radius 1 is 1.39 bits per heavy atom. The summed E-state index contributed by atoms with van der Waals surface area (Å²) in [6.07, 6.45) is 1.32. The molecule has 0 bridgehead atoms. The van der Waals surface area contributed by atoms with Crippen LogP contribution in [0.5, 0.6) is 5.75 Å². The Labute approximate surface area is 109 Å². The van der Waals surface area contributed by atoms with Crippen molar-refractivity contribution in [3.63, 3.8) is 0 Å². The second kappa shape index (κ2) is 6.10. The average Bonchev–Trinajstić information content (AvgIpc) is 2.74. The van der Waals surface area contributed by atoms with Gasteiger partial charge >= 0.3 is 0 Å². The second-order valence-electron chi connectivity index (χ2n) is 5.32. The maximum atomic E-state index is 5.84. The number of ether oxygens (including phenoxy) is 2. The lowest BCUT2D eigenvalue weighted by molar-refractivity contribution is 0.121. The van der Waals surface area contributed by atoms with Gasteiger partial charge in [0.05, 0.1) is 24.4 Å². The molecule has 2 unspecified atom stereocenters. The molecule has 1 heterocycles. The summed E-state index contributed by atoms with van der Waals surface area (Å²) in [5, 5.41) is 3.53. The third-order valence-electron chi connectivity index (χ3n) is 3.18. The zero-order chi connectivity index (χ0) is 13.0. The maximum Gasteiger partial charge on any atom is 0.142 e. The summed E-state index contributed by atoms with van der Waals surface area (Å²) < 4.78 is 11.4. The van der Waals surface area contributed by atoms with Crippen LogP contribution in [0.25, 0.3) is 0 Å². The molecule has 18 heavy (non-hydrogen) atoms. The Bertz CT molecular complexity index is 379. The fourth-order valence-corrected chi connectivity index (χ4v) is 2.09. The van der Waals surface area contributed by atoms with Crippen LogP contribution in [0.15, 0.2) is 24.3 Å². The third kappa shape index (κ3) is 3.39. The van der Waals surface area contributed by atoms with Crippen LogP contribution in [-0.4, -0.2) is 25.4 Å². The van der Waals surface area contributed by atoms with Crippen LogP contribution in [0.4, 0.5) is 5.69 Å². The van der Waals surface area contributed by atoms with Crippen molar-refractivity contribution in [3.05, 3.63) is 24.3 Å². The number of hydrogen-bond acceptors (Lipinski definition) is 3. The van der Waals surface area contributed by atoms with E-state index in [1.807, 2.05) is 18.2 Å². The molecule has 100 valence electrons. The van der Waals surface area contributed by atoms with Gasteiger partial charge in [-0.15, -0.1) is 0 Å². The summed E-state index contributed by atoms with van der Waals surface area (Å²) >= 11 is 0. The van der Waals surface area contributed by atoms with Crippen molar-refractivity contribution >= 4 is 5.69 Å². The molecule has 0 saturated carbocycles. The molecule has 0 aliphatic carbocycles. The Hall–Kier alpha value is -1.22. The molecule has 1 saturated heterocycles. The number of benzene rings is 1. The molecule has 0 amide bonds. The summed E-state index contributed by atoms with van der Waals surface area (Å²) in [6, 6.07) is 8.51. The molecule has 3 heteroatoms. The summed E-state index contributed by atoms with van der Waals surface area (Å²) in [5.74, 6) is 1.47. The van der Waals surface area contributed by atoms with Crippen molar-refractivity contribution in [1.82, 2.24) is 0 Å². The number of rotatable bonds is 5. The standard InChI is InChI=1S/C15H23NO2/c1-11(2)10-18-15-7-5-4-6-14(15)16-13-8-9-17-12(13)3/h4-7,11-13,16H,8-10H2,1-3H3. The van der Waals surface area contributed by atoms with Gasteiger partial charge < -0.3 is 14.8 Å². The van der Waals surface area contributed by atoms with E-state index >= 15 is 0 Å². The normalized spacial score (nSPS) is 23.3. The summed E-state index contributed by atoms with van der Waals surface area (Å²) in [6.45, 7) is 8.01. The van der Waals surface area contributed by atoms with E-state index in [0.717, 1.165) is 31.1 Å². The Kier molecular flexibility index (Phi) is 4.48. The van der Waals surface area contributed by atoms with E-state index in [1.54, 1.807) is 0 Å². The van der Waals surface area contributed by atoms with Crippen LogP contribution >= 0.6 is 0 Å². The minimum absolute atomic E-state index is 0.267. The fourth-order valence-electron chi connectivity index (χ4n) is 2.09. The Balaban J connectivity index is 2.02. The minimum atomic E-state index is 0.267. The number of para-hydroxylation sites is 2. The van der Waals surface area contributed by atoms with Crippen LogP contribution < -0.4 is 10.1 Å². The molecule has 0 spiro atoms. The smallest absolute Gasteiger partial charge is 0.142 e. The quantitative estimate of drug-likeness (QED) is 0.868. The highest BCUT2D eigenvalue weighted by Crippen LogP contribution is 2.27. The first-order valence-electron chi connectivity index (χ1n) is 6.77. The third-order valence-corrected chi connectivity index (χ3v) is 3.18. The van der Waals surface area contributed by atoms with Crippen LogP contribution in [0.3, 0.4) is 0 Å². The van der Waals surface area contributed by atoms with E-state index in [0.29, 0.717) is 12.0 Å². The molecule has 0 radical (unpaired) electrons. The van der Waals surface area contributed by atoms with E-state index in [2.05, 4.69) is 32.2 Å². The highest BCUT2D eigenvalue weighted by molar-refractivity contribution is 5.57. The van der Waals surface area contributed by atoms with Gasteiger partial charge in [0.2, 0.25) is 0 Å². The molecule has 1 aliphatic rings. The van der Waals surface area contributed by atoms with Crippen LogP contribution in [0.2, 0.25) is 0 Å². The minimum Gasteiger partial charge on any atom is -0.491 e. The molecule has 3 nitrogen and oxygen atoms in total. The van der Waals surface area contributed by atoms with E-state index < -0.39 is 0 Å². The number of nitrogens with one attached hydrogen (secondary N) is 1. The van der Waals surface area contributed by atoms with Crippen molar-refractivity contribution in [2.24, 2.45) is 5.92 Å². The lowest BCUT2D eigenvalue weighted by Gasteiger charge is -2.20. The highest BCUT2D eigenvalue weighted by Gasteiger charge is 2.24. The highest BCUT2D eigenvalue weighted by atomic mass is 16.5. The van der Waals surface area contributed by atoms with Gasteiger partial charge in [-0.1, -0.05) is 26.0 Å². The molecule has 1 N–H and O–H groups in total. The number of hydrogen-bond donors (Lipinski definition) is 1. The molecule has 0 aromatic heterocycles. The van der Waals surface area contributed by atoms with Crippen LogP contribution in [-0.2, 0) is 4.74 Å². The first-order valence-corrected chi connectivity index (χ1v) is 6.77. The zero-order valence-corrected chi connectivity index (χ0v) is 11.5. The molecular weight excluding hydrogens is 226 g/mol. The van der Waals surface area contributed by atoms with Crippen LogP contribution in [0, 0.1) is 5.92 Å². The van der Waals surface area contributed by atoms with Gasteiger partial charge in [-0.2, -0.15) is 0 Å². The maximum absolute atomic E-state index is 5.84. The molecule has 1 aromatic rings. The van der Waals surface area contributed by atoms with Gasteiger partial charge in [0.15, 0.2) is 0 Å². The number of anilines is 1. The van der Waals surface area contributed by atoms with Crippen molar-refractivity contribution in [3.8, 4) is 5.75 Å². The van der Waals surface area contributed by atoms with Gasteiger partial charge in [-0.05, 0) is 31.4 Å². The average molecular weight is 249 g/mol. The molecule has 2 rings (SSSR count). The second-order valence-corrected chi connectivity index (χ2v) is 5.32.